The zero-order chi connectivity index (χ0) is 19.2. The Kier molecular flexibility index (Phi) is 6.40. The molecule has 0 unspecified atom stereocenters. The van der Waals surface area contributed by atoms with Crippen molar-refractivity contribution in [1.29, 1.82) is 0 Å². The van der Waals surface area contributed by atoms with Gasteiger partial charge >= 0.3 is 0 Å². The third kappa shape index (κ3) is 5.50. The third-order valence-electron chi connectivity index (χ3n) is 5.02. The summed E-state index contributed by atoms with van der Waals surface area (Å²) in [6.45, 7) is 3.43. The summed E-state index contributed by atoms with van der Waals surface area (Å²) in [5.74, 6) is 1.49. The second-order valence-electron chi connectivity index (χ2n) is 7.60. The Balaban J connectivity index is 1.68. The molecule has 0 N–H and O–H groups in total. The van der Waals surface area contributed by atoms with Crippen molar-refractivity contribution in [2.24, 2.45) is 5.92 Å². The van der Waals surface area contributed by atoms with Gasteiger partial charge in [-0.1, -0.05) is 30.3 Å². The van der Waals surface area contributed by atoms with E-state index >= 15 is 0 Å². The number of hydrogen-bond donors (Lipinski definition) is 0. The van der Waals surface area contributed by atoms with Gasteiger partial charge in [0.2, 0.25) is 5.91 Å². The minimum atomic E-state index is 0.207. The lowest BCUT2D eigenvalue weighted by atomic mass is 10.0. The molecular weight excluding hydrogens is 338 g/mol. The fourth-order valence-electron chi connectivity index (χ4n) is 3.56. The van der Waals surface area contributed by atoms with Gasteiger partial charge in [0.25, 0.3) is 0 Å². The van der Waals surface area contributed by atoms with Crippen LogP contribution in [0, 0.1) is 5.92 Å². The van der Waals surface area contributed by atoms with Crippen LogP contribution in [0.15, 0.2) is 42.7 Å². The zero-order valence-electron chi connectivity index (χ0n) is 16.5. The van der Waals surface area contributed by atoms with E-state index in [1.807, 2.05) is 60.3 Å². The lowest BCUT2D eigenvalue weighted by Gasteiger charge is -2.24. The summed E-state index contributed by atoms with van der Waals surface area (Å²) in [6, 6.07) is 12.0. The van der Waals surface area contributed by atoms with Crippen LogP contribution in [0.1, 0.15) is 11.3 Å². The van der Waals surface area contributed by atoms with E-state index < -0.39 is 0 Å². The van der Waals surface area contributed by atoms with E-state index in [0.717, 1.165) is 49.7 Å². The molecule has 0 spiro atoms. The van der Waals surface area contributed by atoms with Crippen molar-refractivity contribution in [3.63, 3.8) is 0 Å². The fraction of sp³-hybridized carbons (Fsp3) is 0.476. The first-order valence-electron chi connectivity index (χ1n) is 9.49. The van der Waals surface area contributed by atoms with Crippen LogP contribution in [-0.2, 0) is 17.6 Å². The summed E-state index contributed by atoms with van der Waals surface area (Å²) in [4.78, 5) is 27.9. The lowest BCUT2D eigenvalue weighted by Crippen LogP contribution is -2.37. The van der Waals surface area contributed by atoms with E-state index in [9.17, 15) is 4.79 Å². The number of carbonyl (C=O) groups is 1. The monoisotopic (exact) mass is 367 g/mol. The number of aromatic nitrogens is 2. The number of amides is 1. The van der Waals surface area contributed by atoms with Crippen molar-refractivity contribution < 1.29 is 4.79 Å². The van der Waals surface area contributed by atoms with Gasteiger partial charge in [-0.05, 0) is 24.9 Å². The molecule has 1 atom stereocenters. The molecule has 6 heteroatoms. The van der Waals surface area contributed by atoms with Crippen molar-refractivity contribution in [2.45, 2.75) is 12.8 Å². The van der Waals surface area contributed by atoms with Crippen LogP contribution in [-0.4, -0.2) is 73.0 Å². The maximum atomic E-state index is 12.8. The first kappa shape index (κ1) is 19.3. The highest BCUT2D eigenvalue weighted by molar-refractivity contribution is 5.78. The van der Waals surface area contributed by atoms with Crippen molar-refractivity contribution in [3.05, 3.63) is 54.0 Å². The predicted molar refractivity (Wildman–Crippen MR) is 108 cm³/mol. The Labute approximate surface area is 161 Å². The summed E-state index contributed by atoms with van der Waals surface area (Å²) in [6.07, 6.45) is 2.95. The van der Waals surface area contributed by atoms with Crippen LogP contribution in [0.4, 0.5) is 5.82 Å². The highest BCUT2D eigenvalue weighted by atomic mass is 16.2. The summed E-state index contributed by atoms with van der Waals surface area (Å²) < 4.78 is 0. The van der Waals surface area contributed by atoms with E-state index in [1.54, 1.807) is 6.33 Å². The van der Waals surface area contributed by atoms with Crippen molar-refractivity contribution in [1.82, 2.24) is 19.8 Å². The standard InChI is InChI=1S/C21H29N5O/c1-24(2)20-13-19(22-16-23-20)11-18-14-25(3)9-10-26(15-18)21(27)12-17-7-5-4-6-8-17/h4-8,13,16,18H,9-12,14-15H2,1-3H3/t18-/m1/s1. The molecule has 2 heterocycles. The highest BCUT2D eigenvalue weighted by Crippen LogP contribution is 2.17. The Bertz CT molecular complexity index is 749. The molecule has 1 amide bonds. The number of rotatable bonds is 5. The number of nitrogens with zero attached hydrogens (tertiary/aromatic N) is 5. The maximum Gasteiger partial charge on any atom is 0.227 e. The van der Waals surface area contributed by atoms with Gasteiger partial charge in [0, 0.05) is 52.0 Å². The first-order valence-corrected chi connectivity index (χ1v) is 9.49. The molecule has 27 heavy (non-hydrogen) atoms. The van der Waals surface area contributed by atoms with Crippen molar-refractivity contribution in [3.8, 4) is 0 Å². The molecule has 1 aromatic heterocycles. The highest BCUT2D eigenvalue weighted by Gasteiger charge is 2.25. The molecule has 6 nitrogen and oxygen atoms in total. The molecular formula is C21H29N5O. The molecule has 0 saturated carbocycles. The number of anilines is 1. The average Bonchev–Trinajstić information content (AvgIpc) is 2.84. The Morgan fingerprint density at radius 3 is 2.67 bits per heavy atom. The second kappa shape index (κ2) is 8.95. The molecule has 1 aromatic carbocycles. The zero-order valence-corrected chi connectivity index (χ0v) is 16.5. The molecule has 1 fully saturated rings. The second-order valence-corrected chi connectivity index (χ2v) is 7.60. The Morgan fingerprint density at radius 2 is 1.93 bits per heavy atom. The lowest BCUT2D eigenvalue weighted by molar-refractivity contribution is -0.130. The van der Waals surface area contributed by atoms with Gasteiger partial charge in [-0.25, -0.2) is 9.97 Å². The fourth-order valence-corrected chi connectivity index (χ4v) is 3.56. The van der Waals surface area contributed by atoms with E-state index in [1.165, 1.54) is 0 Å². The minimum absolute atomic E-state index is 0.207. The number of likely N-dealkylation sites (N-methyl/N-ethyl adjacent to an activating group) is 1. The van der Waals surface area contributed by atoms with Gasteiger partial charge in [0.1, 0.15) is 12.1 Å². The maximum absolute atomic E-state index is 12.8. The molecule has 3 rings (SSSR count). The van der Waals surface area contributed by atoms with Crippen LogP contribution in [0.2, 0.25) is 0 Å². The smallest absolute Gasteiger partial charge is 0.227 e. The van der Waals surface area contributed by atoms with Crippen molar-refractivity contribution in [2.75, 3.05) is 52.2 Å². The third-order valence-corrected chi connectivity index (χ3v) is 5.02. The summed E-state index contributed by atoms with van der Waals surface area (Å²) in [7, 11) is 6.09. The van der Waals surface area contributed by atoms with E-state index in [4.69, 9.17) is 0 Å². The summed E-state index contributed by atoms with van der Waals surface area (Å²) in [5.41, 5.74) is 2.10. The quantitative estimate of drug-likeness (QED) is 0.805. The number of carbonyl (C=O) groups excluding carboxylic acids is 1. The van der Waals surface area contributed by atoms with Crippen molar-refractivity contribution >= 4 is 11.7 Å². The van der Waals surface area contributed by atoms with E-state index in [-0.39, 0.29) is 5.91 Å². The molecule has 2 aromatic rings. The van der Waals surface area contributed by atoms with Gasteiger partial charge in [0.05, 0.1) is 6.42 Å². The molecule has 0 aliphatic carbocycles. The van der Waals surface area contributed by atoms with Crippen LogP contribution in [0.25, 0.3) is 0 Å². The molecule has 0 bridgehead atoms. The molecule has 1 aliphatic rings. The minimum Gasteiger partial charge on any atom is -0.363 e. The van der Waals surface area contributed by atoms with Crippen LogP contribution in [0.3, 0.4) is 0 Å². The molecule has 1 aliphatic heterocycles. The predicted octanol–water partition coefficient (Wildman–Crippen LogP) is 1.72. The summed E-state index contributed by atoms with van der Waals surface area (Å²) in [5, 5.41) is 0. The topological polar surface area (TPSA) is 52.6 Å². The average molecular weight is 367 g/mol. The van der Waals surface area contributed by atoms with Crippen LogP contribution >= 0.6 is 0 Å². The first-order chi connectivity index (χ1) is 13.0. The Hall–Kier alpha value is -2.47. The molecule has 0 radical (unpaired) electrons. The van der Waals surface area contributed by atoms with Gasteiger partial charge in [-0.2, -0.15) is 0 Å². The Morgan fingerprint density at radius 1 is 1.15 bits per heavy atom. The van der Waals surface area contributed by atoms with Crippen LogP contribution in [0.5, 0.6) is 0 Å². The summed E-state index contributed by atoms with van der Waals surface area (Å²) >= 11 is 0. The molecule has 144 valence electrons. The number of benzene rings is 1. The van der Waals surface area contributed by atoms with Crippen LogP contribution < -0.4 is 4.90 Å². The van der Waals surface area contributed by atoms with Gasteiger partial charge in [-0.15, -0.1) is 0 Å². The van der Waals surface area contributed by atoms with Gasteiger partial charge in [-0.3, -0.25) is 4.79 Å². The van der Waals surface area contributed by atoms with E-state index in [2.05, 4.69) is 21.9 Å². The SMILES string of the molecule is CN1CCN(C(=O)Cc2ccccc2)C[C@H](Cc2cc(N(C)C)ncn2)C1. The van der Waals surface area contributed by atoms with Gasteiger partial charge < -0.3 is 14.7 Å². The van der Waals surface area contributed by atoms with E-state index in [0.29, 0.717) is 12.3 Å². The normalized spacial score (nSPS) is 18.2. The largest absolute Gasteiger partial charge is 0.363 e. The van der Waals surface area contributed by atoms with Gasteiger partial charge in [0.15, 0.2) is 0 Å². The molecule has 1 saturated heterocycles. The number of hydrogen-bond acceptors (Lipinski definition) is 5.